The third-order valence-electron chi connectivity index (χ3n) is 1.36. The average Bonchev–Trinajstić information content (AvgIpc) is 1.84. The number of carbonyl (C=O) groups excluding carboxylic acids is 1. The molecule has 0 aromatic heterocycles. The minimum Gasteiger partial charge on any atom is -0.458 e. The standard InChI is InChI=1S/C9H15BrO2/c1-6(2)5-9(11)12-8(4)7(3)10/h5,7-8H,1-4H3/t7-,8+/m1/s1. The minimum atomic E-state index is -0.270. The zero-order valence-electron chi connectivity index (χ0n) is 7.93. The lowest BCUT2D eigenvalue weighted by Crippen LogP contribution is -2.20. The molecule has 0 aromatic carbocycles. The zero-order chi connectivity index (χ0) is 9.72. The van der Waals surface area contributed by atoms with Gasteiger partial charge in [-0.2, -0.15) is 0 Å². The maximum absolute atomic E-state index is 11.0. The Morgan fingerprint density at radius 1 is 1.42 bits per heavy atom. The molecule has 2 nitrogen and oxygen atoms in total. The first kappa shape index (κ1) is 11.7. The van der Waals surface area contributed by atoms with Gasteiger partial charge in [-0.25, -0.2) is 4.79 Å². The van der Waals surface area contributed by atoms with E-state index in [0.29, 0.717) is 0 Å². The maximum atomic E-state index is 11.0. The van der Waals surface area contributed by atoms with E-state index in [0.717, 1.165) is 5.57 Å². The Balaban J connectivity index is 3.94. The second-order valence-electron chi connectivity index (χ2n) is 3.04. The van der Waals surface area contributed by atoms with Gasteiger partial charge >= 0.3 is 5.97 Å². The van der Waals surface area contributed by atoms with E-state index in [2.05, 4.69) is 15.9 Å². The summed E-state index contributed by atoms with van der Waals surface area (Å²) in [5.41, 5.74) is 0.953. The van der Waals surface area contributed by atoms with E-state index >= 15 is 0 Å². The first-order chi connectivity index (χ1) is 5.43. The van der Waals surface area contributed by atoms with Crippen molar-refractivity contribution >= 4 is 21.9 Å². The summed E-state index contributed by atoms with van der Waals surface area (Å²) in [6.45, 7) is 7.53. The fourth-order valence-electron chi connectivity index (χ4n) is 0.547. The van der Waals surface area contributed by atoms with Crippen molar-refractivity contribution in [3.8, 4) is 0 Å². The van der Waals surface area contributed by atoms with Gasteiger partial charge in [-0.15, -0.1) is 0 Å². The molecule has 0 aliphatic heterocycles. The summed E-state index contributed by atoms with van der Waals surface area (Å²) in [6, 6.07) is 0. The highest BCUT2D eigenvalue weighted by molar-refractivity contribution is 9.09. The van der Waals surface area contributed by atoms with Crippen LogP contribution in [0.25, 0.3) is 0 Å². The van der Waals surface area contributed by atoms with Crippen molar-refractivity contribution in [3.63, 3.8) is 0 Å². The Bertz CT molecular complexity index is 181. The average molecular weight is 235 g/mol. The predicted octanol–water partition coefficient (Wildman–Crippen LogP) is 2.67. The molecular weight excluding hydrogens is 220 g/mol. The normalized spacial score (nSPS) is 14.8. The molecule has 0 N–H and O–H groups in total. The Morgan fingerprint density at radius 2 is 1.92 bits per heavy atom. The number of halogens is 1. The predicted molar refractivity (Wildman–Crippen MR) is 53.4 cm³/mol. The van der Waals surface area contributed by atoms with Crippen molar-refractivity contribution in [2.45, 2.75) is 38.6 Å². The topological polar surface area (TPSA) is 26.3 Å². The summed E-state index contributed by atoms with van der Waals surface area (Å²) < 4.78 is 5.06. The molecule has 0 fully saturated rings. The van der Waals surface area contributed by atoms with Gasteiger partial charge in [0.05, 0.1) is 0 Å². The smallest absolute Gasteiger partial charge is 0.330 e. The van der Waals surface area contributed by atoms with Gasteiger partial charge in [0.1, 0.15) is 6.10 Å². The van der Waals surface area contributed by atoms with Crippen molar-refractivity contribution in [2.24, 2.45) is 0 Å². The van der Waals surface area contributed by atoms with E-state index in [1.165, 1.54) is 6.08 Å². The molecule has 0 saturated heterocycles. The van der Waals surface area contributed by atoms with Crippen molar-refractivity contribution in [2.75, 3.05) is 0 Å². The fraction of sp³-hybridized carbons (Fsp3) is 0.667. The van der Waals surface area contributed by atoms with E-state index in [1.54, 1.807) is 0 Å². The van der Waals surface area contributed by atoms with Crippen LogP contribution in [-0.4, -0.2) is 16.9 Å². The number of allylic oxidation sites excluding steroid dienone is 1. The highest BCUT2D eigenvalue weighted by atomic mass is 79.9. The third kappa shape index (κ3) is 5.35. The summed E-state index contributed by atoms with van der Waals surface area (Å²) in [4.78, 5) is 11.2. The second-order valence-corrected chi connectivity index (χ2v) is 4.49. The number of carbonyl (C=O) groups is 1. The summed E-state index contributed by atoms with van der Waals surface area (Å²) >= 11 is 3.34. The van der Waals surface area contributed by atoms with Gasteiger partial charge < -0.3 is 4.74 Å². The Hall–Kier alpha value is -0.310. The summed E-state index contributed by atoms with van der Waals surface area (Å²) in [5.74, 6) is -0.270. The lowest BCUT2D eigenvalue weighted by Gasteiger charge is -2.13. The van der Waals surface area contributed by atoms with Crippen LogP contribution in [0.2, 0.25) is 0 Å². The largest absolute Gasteiger partial charge is 0.458 e. The van der Waals surface area contributed by atoms with Gasteiger partial charge in [0.15, 0.2) is 0 Å². The van der Waals surface area contributed by atoms with Gasteiger partial charge in [0.25, 0.3) is 0 Å². The molecule has 3 heteroatoms. The highest BCUT2D eigenvalue weighted by Gasteiger charge is 2.11. The third-order valence-corrected chi connectivity index (χ3v) is 2.10. The quantitative estimate of drug-likeness (QED) is 0.427. The number of hydrogen-bond acceptors (Lipinski definition) is 2. The molecule has 2 atom stereocenters. The zero-order valence-corrected chi connectivity index (χ0v) is 9.51. The van der Waals surface area contributed by atoms with E-state index in [9.17, 15) is 4.79 Å². The first-order valence-electron chi connectivity index (χ1n) is 3.93. The van der Waals surface area contributed by atoms with E-state index < -0.39 is 0 Å². The molecule has 0 heterocycles. The second kappa shape index (κ2) is 5.36. The molecule has 0 unspecified atom stereocenters. The molecule has 0 saturated carbocycles. The Labute approximate surface area is 82.1 Å². The lowest BCUT2D eigenvalue weighted by molar-refractivity contribution is -0.141. The van der Waals surface area contributed by atoms with Crippen LogP contribution >= 0.6 is 15.9 Å². The molecular formula is C9H15BrO2. The number of rotatable bonds is 3. The van der Waals surface area contributed by atoms with Crippen LogP contribution in [0, 0.1) is 0 Å². The molecule has 0 aliphatic rings. The van der Waals surface area contributed by atoms with Crippen LogP contribution < -0.4 is 0 Å². The summed E-state index contributed by atoms with van der Waals surface area (Å²) in [6.07, 6.45) is 1.40. The van der Waals surface area contributed by atoms with Crippen molar-refractivity contribution < 1.29 is 9.53 Å². The molecule has 0 spiro atoms. The fourth-order valence-corrected chi connectivity index (χ4v) is 0.655. The first-order valence-corrected chi connectivity index (χ1v) is 4.84. The van der Waals surface area contributed by atoms with Gasteiger partial charge in [0.2, 0.25) is 0 Å². The van der Waals surface area contributed by atoms with Crippen LogP contribution in [-0.2, 0) is 9.53 Å². The Kier molecular flexibility index (Phi) is 5.22. The number of alkyl halides is 1. The number of hydrogen-bond donors (Lipinski definition) is 0. The van der Waals surface area contributed by atoms with Gasteiger partial charge in [-0.05, 0) is 27.7 Å². The molecule has 70 valence electrons. The van der Waals surface area contributed by atoms with Crippen LogP contribution in [0.5, 0.6) is 0 Å². The van der Waals surface area contributed by atoms with Crippen molar-refractivity contribution in [1.29, 1.82) is 0 Å². The van der Waals surface area contributed by atoms with E-state index in [-0.39, 0.29) is 16.9 Å². The van der Waals surface area contributed by atoms with Crippen LogP contribution in [0.3, 0.4) is 0 Å². The van der Waals surface area contributed by atoms with Crippen LogP contribution in [0.4, 0.5) is 0 Å². The van der Waals surface area contributed by atoms with E-state index in [4.69, 9.17) is 4.74 Å². The number of esters is 1. The summed E-state index contributed by atoms with van der Waals surface area (Å²) in [5, 5.41) is 0. The Morgan fingerprint density at radius 3 is 2.25 bits per heavy atom. The minimum absolute atomic E-state index is 0.0897. The number of ether oxygens (including phenoxy) is 1. The van der Waals surface area contributed by atoms with Crippen LogP contribution in [0.15, 0.2) is 11.6 Å². The van der Waals surface area contributed by atoms with Gasteiger partial charge in [-0.3, -0.25) is 0 Å². The van der Waals surface area contributed by atoms with Gasteiger partial charge in [-0.1, -0.05) is 21.5 Å². The van der Waals surface area contributed by atoms with Crippen molar-refractivity contribution in [1.82, 2.24) is 0 Å². The molecule has 12 heavy (non-hydrogen) atoms. The molecule has 0 aromatic rings. The summed E-state index contributed by atoms with van der Waals surface area (Å²) in [7, 11) is 0. The maximum Gasteiger partial charge on any atom is 0.330 e. The SMILES string of the molecule is CC(C)=CC(=O)O[C@@H](C)[C@@H](C)Br. The molecule has 0 bridgehead atoms. The monoisotopic (exact) mass is 234 g/mol. The van der Waals surface area contributed by atoms with Crippen LogP contribution in [0.1, 0.15) is 27.7 Å². The van der Waals surface area contributed by atoms with Gasteiger partial charge in [0, 0.05) is 10.9 Å². The lowest BCUT2D eigenvalue weighted by atomic mass is 10.3. The molecule has 0 radical (unpaired) electrons. The molecule has 0 amide bonds. The van der Waals surface area contributed by atoms with Crippen molar-refractivity contribution in [3.05, 3.63) is 11.6 Å². The molecule has 0 rings (SSSR count). The molecule has 0 aliphatic carbocycles. The highest BCUT2D eigenvalue weighted by Crippen LogP contribution is 2.08. The van der Waals surface area contributed by atoms with E-state index in [1.807, 2.05) is 27.7 Å².